The van der Waals surface area contributed by atoms with Crippen molar-refractivity contribution in [1.82, 2.24) is 19.6 Å². The van der Waals surface area contributed by atoms with Gasteiger partial charge in [0.2, 0.25) is 0 Å². The number of likely N-dealkylation sites (tertiary alicyclic amines) is 1. The van der Waals surface area contributed by atoms with Crippen molar-refractivity contribution in [2.24, 2.45) is 0 Å². The summed E-state index contributed by atoms with van der Waals surface area (Å²) in [5.41, 5.74) is 0.348. The molecule has 3 heterocycles. The Morgan fingerprint density at radius 3 is 2.34 bits per heavy atom. The summed E-state index contributed by atoms with van der Waals surface area (Å²) in [5.74, 6) is -1.20. The Bertz CT molecular complexity index is 1090. The quantitative estimate of drug-likeness (QED) is 0.674. The summed E-state index contributed by atoms with van der Waals surface area (Å²) in [5, 5.41) is 12.8. The number of benzene rings is 1. The van der Waals surface area contributed by atoms with Crippen LogP contribution in [0.25, 0.3) is 0 Å². The number of carbonyl (C=O) groups excluding carboxylic acids is 1. The topological polar surface area (TPSA) is 81.9 Å². The normalized spacial score (nSPS) is 18.3. The molecular weight excluding hydrogens is 463 g/mol. The van der Waals surface area contributed by atoms with Crippen molar-refractivity contribution in [3.05, 3.63) is 47.3 Å². The summed E-state index contributed by atoms with van der Waals surface area (Å²) in [6, 6.07) is 4.90. The van der Waals surface area contributed by atoms with Gasteiger partial charge >= 0.3 is 18.2 Å². The van der Waals surface area contributed by atoms with Crippen LogP contribution in [-0.2, 0) is 12.7 Å². The van der Waals surface area contributed by atoms with E-state index in [9.17, 15) is 22.8 Å². The maximum atomic E-state index is 13.4. The van der Waals surface area contributed by atoms with Crippen LogP contribution in [0.5, 0.6) is 0 Å². The molecule has 2 fully saturated rings. The van der Waals surface area contributed by atoms with E-state index >= 15 is 0 Å². The molecule has 1 N–H and O–H groups in total. The number of anilines is 1. The summed E-state index contributed by atoms with van der Waals surface area (Å²) >= 11 is 0. The zero-order chi connectivity index (χ0) is 25.4. The third-order valence-electron chi connectivity index (χ3n) is 7.30. The first-order valence-corrected chi connectivity index (χ1v) is 11.7. The van der Waals surface area contributed by atoms with Crippen LogP contribution in [0.4, 0.5) is 23.7 Å². The maximum absolute atomic E-state index is 13.4. The third kappa shape index (κ3) is 5.29. The van der Waals surface area contributed by atoms with Gasteiger partial charge in [-0.25, -0.2) is 9.59 Å². The molecule has 4 rings (SSSR count). The molecule has 2 saturated heterocycles. The number of carboxylic acids is 1. The van der Waals surface area contributed by atoms with Gasteiger partial charge in [0.15, 0.2) is 5.69 Å². The Balaban J connectivity index is 1.46. The number of piperidine rings is 1. The van der Waals surface area contributed by atoms with Crippen molar-refractivity contribution in [3.63, 3.8) is 0 Å². The van der Waals surface area contributed by atoms with Crippen LogP contribution in [-0.4, -0.2) is 75.5 Å². The van der Waals surface area contributed by atoms with E-state index in [1.807, 2.05) is 7.05 Å². The molecule has 0 saturated carbocycles. The lowest BCUT2D eigenvalue weighted by molar-refractivity contribution is -0.137. The van der Waals surface area contributed by atoms with E-state index in [2.05, 4.69) is 21.8 Å². The van der Waals surface area contributed by atoms with Crippen LogP contribution < -0.4 is 4.90 Å². The average molecular weight is 494 g/mol. The molecule has 0 unspecified atom stereocenters. The standard InChI is InChI=1S/C24H30F3N5O3/c1-23(8-13-31(14-9-23)22(35)32-12-7-19(28-32)21(33)34)29(2)16-17-15-18(24(25,26)27)5-6-20(17)30-10-3-4-11-30/h5-7,12,15H,3-4,8-11,13-14,16H2,1-2H3,(H,33,34). The average Bonchev–Trinajstić information content (AvgIpc) is 3.51. The van der Waals surface area contributed by atoms with Crippen molar-refractivity contribution in [2.45, 2.75) is 50.9 Å². The Kier molecular flexibility index (Phi) is 6.81. The number of carbonyl (C=O) groups is 2. The van der Waals surface area contributed by atoms with Gasteiger partial charge in [0.05, 0.1) is 5.56 Å². The molecule has 0 bridgehead atoms. The largest absolute Gasteiger partial charge is 0.476 e. The van der Waals surface area contributed by atoms with Crippen LogP contribution >= 0.6 is 0 Å². The highest BCUT2D eigenvalue weighted by Gasteiger charge is 2.37. The molecule has 35 heavy (non-hydrogen) atoms. The highest BCUT2D eigenvalue weighted by Crippen LogP contribution is 2.36. The number of hydrogen-bond donors (Lipinski definition) is 1. The van der Waals surface area contributed by atoms with Gasteiger partial charge in [-0.05, 0) is 69.5 Å². The van der Waals surface area contributed by atoms with Crippen LogP contribution in [0.2, 0.25) is 0 Å². The molecule has 1 aromatic heterocycles. The molecule has 11 heteroatoms. The van der Waals surface area contributed by atoms with E-state index in [0.717, 1.165) is 42.4 Å². The van der Waals surface area contributed by atoms with E-state index in [-0.39, 0.29) is 11.2 Å². The van der Waals surface area contributed by atoms with Gasteiger partial charge in [0, 0.05) is 50.1 Å². The molecule has 190 valence electrons. The van der Waals surface area contributed by atoms with Gasteiger partial charge in [0.25, 0.3) is 0 Å². The van der Waals surface area contributed by atoms with Gasteiger partial charge < -0.3 is 14.9 Å². The molecule has 2 aliphatic heterocycles. The van der Waals surface area contributed by atoms with E-state index in [0.29, 0.717) is 38.0 Å². The molecule has 0 aliphatic carbocycles. The predicted octanol–water partition coefficient (Wildman–Crippen LogP) is 4.15. The van der Waals surface area contributed by atoms with Crippen LogP contribution in [0.3, 0.4) is 0 Å². The Hall–Kier alpha value is -3.08. The van der Waals surface area contributed by atoms with E-state index in [1.54, 1.807) is 11.0 Å². The van der Waals surface area contributed by atoms with Crippen LogP contribution in [0.15, 0.2) is 30.5 Å². The molecule has 2 aromatic rings. The fourth-order valence-electron chi connectivity index (χ4n) is 4.85. The summed E-state index contributed by atoms with van der Waals surface area (Å²) in [7, 11) is 1.91. The minimum atomic E-state index is -4.40. The van der Waals surface area contributed by atoms with Gasteiger partial charge in [0.1, 0.15) is 0 Å². The fourth-order valence-corrected chi connectivity index (χ4v) is 4.85. The molecule has 2 aliphatic rings. The molecule has 8 nitrogen and oxygen atoms in total. The smallest absolute Gasteiger partial charge is 0.416 e. The van der Waals surface area contributed by atoms with Crippen LogP contribution in [0.1, 0.15) is 54.2 Å². The monoisotopic (exact) mass is 493 g/mol. The second-order valence-corrected chi connectivity index (χ2v) is 9.61. The van der Waals surface area contributed by atoms with Crippen molar-refractivity contribution >= 4 is 17.7 Å². The zero-order valence-electron chi connectivity index (χ0n) is 19.9. The van der Waals surface area contributed by atoms with E-state index < -0.39 is 23.7 Å². The Morgan fingerprint density at radius 2 is 1.77 bits per heavy atom. The SMILES string of the molecule is CN(Cc1cc(C(F)(F)F)ccc1N1CCCC1)C1(C)CCN(C(=O)n2ccc(C(=O)O)n2)CC1. The number of amides is 1. The van der Waals surface area contributed by atoms with Crippen molar-refractivity contribution in [3.8, 4) is 0 Å². The van der Waals surface area contributed by atoms with E-state index in [4.69, 9.17) is 5.11 Å². The van der Waals surface area contributed by atoms with Crippen molar-refractivity contribution < 1.29 is 27.9 Å². The lowest BCUT2D eigenvalue weighted by Gasteiger charge is -2.45. The Labute approximate surface area is 201 Å². The van der Waals surface area contributed by atoms with Crippen LogP contribution in [0, 0.1) is 0 Å². The molecular formula is C24H30F3N5O3. The number of aromatic carboxylic acids is 1. The number of alkyl halides is 3. The lowest BCUT2D eigenvalue weighted by atomic mass is 9.87. The summed E-state index contributed by atoms with van der Waals surface area (Å²) in [6.07, 6.45) is 0.240. The number of hydrogen-bond acceptors (Lipinski definition) is 5. The molecule has 1 amide bonds. The fraction of sp³-hybridized carbons (Fsp3) is 0.542. The summed E-state index contributed by atoms with van der Waals surface area (Å²) in [4.78, 5) is 29.6. The number of rotatable bonds is 5. The zero-order valence-corrected chi connectivity index (χ0v) is 19.9. The van der Waals surface area contributed by atoms with Gasteiger partial charge in [-0.3, -0.25) is 4.90 Å². The minimum Gasteiger partial charge on any atom is -0.476 e. The second kappa shape index (κ2) is 9.52. The predicted molar refractivity (Wildman–Crippen MR) is 124 cm³/mol. The lowest BCUT2D eigenvalue weighted by Crippen LogP contribution is -2.53. The second-order valence-electron chi connectivity index (χ2n) is 9.61. The first-order valence-electron chi connectivity index (χ1n) is 11.7. The van der Waals surface area contributed by atoms with Crippen molar-refractivity contribution in [1.29, 1.82) is 0 Å². The number of carboxylic acid groups (broad SMARTS) is 1. The first-order chi connectivity index (χ1) is 16.5. The third-order valence-corrected chi connectivity index (χ3v) is 7.30. The van der Waals surface area contributed by atoms with Gasteiger partial charge in [-0.15, -0.1) is 0 Å². The number of nitrogens with zero attached hydrogens (tertiary/aromatic N) is 5. The Morgan fingerprint density at radius 1 is 1.11 bits per heavy atom. The molecule has 0 spiro atoms. The number of halogens is 3. The highest BCUT2D eigenvalue weighted by atomic mass is 19.4. The minimum absolute atomic E-state index is 0.199. The summed E-state index contributed by atoms with van der Waals surface area (Å²) in [6.45, 7) is 4.98. The van der Waals surface area contributed by atoms with E-state index in [1.165, 1.54) is 18.3 Å². The highest BCUT2D eigenvalue weighted by molar-refractivity contribution is 5.86. The summed E-state index contributed by atoms with van der Waals surface area (Å²) < 4.78 is 41.4. The van der Waals surface area contributed by atoms with Crippen molar-refractivity contribution in [2.75, 3.05) is 38.1 Å². The molecule has 0 radical (unpaired) electrons. The van der Waals surface area contributed by atoms with Gasteiger partial charge in [-0.1, -0.05) is 0 Å². The maximum Gasteiger partial charge on any atom is 0.416 e. The number of aromatic nitrogens is 2. The van der Waals surface area contributed by atoms with Gasteiger partial charge in [-0.2, -0.15) is 23.0 Å². The molecule has 1 aromatic carbocycles. The molecule has 0 atom stereocenters. The first kappa shape index (κ1) is 25.0.